The van der Waals surface area contributed by atoms with Gasteiger partial charge in [-0.05, 0) is 31.0 Å². The number of likely N-dealkylation sites (tertiary alicyclic amines) is 1. The highest BCUT2D eigenvalue weighted by atomic mass is 35.5. The van der Waals surface area contributed by atoms with Gasteiger partial charge in [0.2, 0.25) is 5.91 Å². The van der Waals surface area contributed by atoms with Crippen molar-refractivity contribution in [3.8, 4) is 5.75 Å². The molecule has 7 heteroatoms. The zero-order valence-electron chi connectivity index (χ0n) is 13.6. The van der Waals surface area contributed by atoms with Gasteiger partial charge in [0.1, 0.15) is 23.4 Å². The minimum atomic E-state index is -0.468. The van der Waals surface area contributed by atoms with E-state index < -0.39 is 11.4 Å². The zero-order valence-corrected chi connectivity index (χ0v) is 14.4. The minimum absolute atomic E-state index is 0.00375. The first kappa shape index (κ1) is 17.5. The van der Waals surface area contributed by atoms with Gasteiger partial charge in [-0.15, -0.1) is 0 Å². The number of rotatable bonds is 5. The number of aryl methyl sites for hydroxylation is 2. The smallest absolute Gasteiger partial charge is 0.339 e. The SMILES string of the molecule is Cc1cc(OC2CN(C(=O)CCc3ccc(F)c(Cl)c3)C2)cc(=O)o1. The Kier molecular flexibility index (Phi) is 5.08. The molecule has 132 valence electrons. The third kappa shape index (κ3) is 4.39. The highest BCUT2D eigenvalue weighted by Gasteiger charge is 2.32. The summed E-state index contributed by atoms with van der Waals surface area (Å²) in [6, 6.07) is 7.39. The van der Waals surface area contributed by atoms with Crippen LogP contribution in [0.15, 0.2) is 39.5 Å². The summed E-state index contributed by atoms with van der Waals surface area (Å²) in [4.78, 5) is 25.1. The third-order valence-corrected chi connectivity index (χ3v) is 4.27. The molecule has 5 nitrogen and oxygen atoms in total. The molecule has 0 spiro atoms. The van der Waals surface area contributed by atoms with E-state index in [1.165, 1.54) is 18.2 Å². The van der Waals surface area contributed by atoms with Gasteiger partial charge in [-0.3, -0.25) is 4.79 Å². The van der Waals surface area contributed by atoms with Crippen molar-refractivity contribution in [2.75, 3.05) is 13.1 Å². The van der Waals surface area contributed by atoms with E-state index in [4.69, 9.17) is 20.8 Å². The normalized spacial score (nSPS) is 14.3. The van der Waals surface area contributed by atoms with Gasteiger partial charge in [-0.1, -0.05) is 17.7 Å². The number of nitrogens with zero attached hydrogens (tertiary/aromatic N) is 1. The summed E-state index contributed by atoms with van der Waals surface area (Å²) in [6.07, 6.45) is 0.688. The molecule has 0 unspecified atom stereocenters. The Morgan fingerprint density at radius 3 is 2.80 bits per heavy atom. The second-order valence-corrected chi connectivity index (χ2v) is 6.42. The topological polar surface area (TPSA) is 59.8 Å². The van der Waals surface area contributed by atoms with Crippen molar-refractivity contribution in [3.05, 3.63) is 62.9 Å². The Morgan fingerprint density at radius 2 is 2.12 bits per heavy atom. The van der Waals surface area contributed by atoms with Gasteiger partial charge < -0.3 is 14.1 Å². The Hall–Kier alpha value is -2.34. The number of carbonyl (C=O) groups excluding carboxylic acids is 1. The molecule has 1 aliphatic heterocycles. The lowest BCUT2D eigenvalue weighted by Crippen LogP contribution is -2.56. The number of ether oxygens (including phenoxy) is 1. The van der Waals surface area contributed by atoms with Gasteiger partial charge in [0, 0.05) is 12.5 Å². The number of carbonyl (C=O) groups is 1. The molecule has 1 saturated heterocycles. The van der Waals surface area contributed by atoms with Crippen LogP contribution in [0.4, 0.5) is 4.39 Å². The molecule has 1 aliphatic rings. The van der Waals surface area contributed by atoms with E-state index in [9.17, 15) is 14.0 Å². The van der Waals surface area contributed by atoms with Crippen molar-refractivity contribution in [2.45, 2.75) is 25.9 Å². The van der Waals surface area contributed by atoms with Crippen LogP contribution in [0.5, 0.6) is 5.75 Å². The van der Waals surface area contributed by atoms with Gasteiger partial charge in [-0.2, -0.15) is 0 Å². The Bertz CT molecular complexity index is 845. The molecule has 1 aromatic heterocycles. The lowest BCUT2D eigenvalue weighted by Gasteiger charge is -2.39. The second kappa shape index (κ2) is 7.27. The largest absolute Gasteiger partial charge is 0.486 e. The lowest BCUT2D eigenvalue weighted by molar-refractivity contribution is -0.139. The minimum Gasteiger partial charge on any atom is -0.486 e. The monoisotopic (exact) mass is 365 g/mol. The van der Waals surface area contributed by atoms with Gasteiger partial charge in [0.25, 0.3) is 0 Å². The fourth-order valence-corrected chi connectivity index (χ4v) is 2.86. The maximum absolute atomic E-state index is 13.1. The maximum Gasteiger partial charge on any atom is 0.339 e. The molecule has 3 rings (SSSR count). The number of hydrogen-bond donors (Lipinski definition) is 0. The first-order chi connectivity index (χ1) is 11.9. The number of hydrogen-bond acceptors (Lipinski definition) is 4. The van der Waals surface area contributed by atoms with Crippen LogP contribution in [0.2, 0.25) is 5.02 Å². The van der Waals surface area contributed by atoms with Crippen molar-refractivity contribution in [3.63, 3.8) is 0 Å². The van der Waals surface area contributed by atoms with E-state index in [1.807, 2.05) is 0 Å². The van der Waals surface area contributed by atoms with Crippen LogP contribution in [0, 0.1) is 12.7 Å². The van der Waals surface area contributed by atoms with Gasteiger partial charge in [0.15, 0.2) is 0 Å². The van der Waals surface area contributed by atoms with E-state index in [0.717, 1.165) is 5.56 Å². The molecule has 0 aliphatic carbocycles. The summed E-state index contributed by atoms with van der Waals surface area (Å²) in [7, 11) is 0. The maximum atomic E-state index is 13.1. The van der Waals surface area contributed by atoms with E-state index >= 15 is 0 Å². The molecule has 0 bridgehead atoms. The Labute approximate surface area is 149 Å². The van der Waals surface area contributed by atoms with E-state index in [2.05, 4.69) is 0 Å². The van der Waals surface area contributed by atoms with Crippen LogP contribution >= 0.6 is 11.6 Å². The summed E-state index contributed by atoms with van der Waals surface area (Å²) in [5, 5.41) is 0.0602. The first-order valence-corrected chi connectivity index (χ1v) is 8.28. The second-order valence-electron chi connectivity index (χ2n) is 6.01. The van der Waals surface area contributed by atoms with Gasteiger partial charge in [-0.25, -0.2) is 9.18 Å². The summed E-state index contributed by atoms with van der Waals surface area (Å²) in [6.45, 7) is 2.62. The predicted molar refractivity (Wildman–Crippen MR) is 90.4 cm³/mol. The predicted octanol–water partition coefficient (Wildman–Crippen LogP) is 2.96. The van der Waals surface area contributed by atoms with E-state index in [-0.39, 0.29) is 17.0 Å². The van der Waals surface area contributed by atoms with Crippen molar-refractivity contribution in [1.82, 2.24) is 4.90 Å². The zero-order chi connectivity index (χ0) is 18.0. The van der Waals surface area contributed by atoms with Crippen molar-refractivity contribution in [2.24, 2.45) is 0 Å². The molecule has 0 saturated carbocycles. The highest BCUT2D eigenvalue weighted by molar-refractivity contribution is 6.30. The fourth-order valence-electron chi connectivity index (χ4n) is 2.66. The summed E-state index contributed by atoms with van der Waals surface area (Å²) >= 11 is 5.73. The van der Waals surface area contributed by atoms with Crippen LogP contribution in [0.25, 0.3) is 0 Å². The molecule has 25 heavy (non-hydrogen) atoms. The molecule has 1 aromatic carbocycles. The molecular weight excluding hydrogens is 349 g/mol. The third-order valence-electron chi connectivity index (χ3n) is 3.98. The first-order valence-electron chi connectivity index (χ1n) is 7.91. The molecule has 2 aromatic rings. The van der Waals surface area contributed by atoms with E-state index in [1.54, 1.807) is 24.0 Å². The van der Waals surface area contributed by atoms with Crippen LogP contribution in [-0.4, -0.2) is 30.0 Å². The average molecular weight is 366 g/mol. The molecular formula is C18H17ClFNO4. The number of halogens is 2. The number of amides is 1. The standard InChI is InChI=1S/C18H17ClFNO4/c1-11-6-13(8-18(23)24-11)25-14-9-21(10-14)17(22)5-3-12-2-4-16(20)15(19)7-12/h2,4,6-8,14H,3,5,9-10H2,1H3. The fraction of sp³-hybridized carbons (Fsp3) is 0.333. The van der Waals surface area contributed by atoms with Gasteiger partial charge in [0.05, 0.1) is 24.2 Å². The van der Waals surface area contributed by atoms with Crippen molar-refractivity contribution >= 4 is 17.5 Å². The summed E-state index contributed by atoms with van der Waals surface area (Å²) < 4.78 is 23.7. The van der Waals surface area contributed by atoms with Crippen LogP contribution in [-0.2, 0) is 11.2 Å². The quantitative estimate of drug-likeness (QED) is 0.817. The lowest BCUT2D eigenvalue weighted by atomic mass is 10.1. The molecule has 0 atom stereocenters. The molecule has 0 radical (unpaired) electrons. The average Bonchev–Trinajstić information content (AvgIpc) is 2.50. The Morgan fingerprint density at radius 1 is 1.36 bits per heavy atom. The van der Waals surface area contributed by atoms with E-state index in [0.29, 0.717) is 37.4 Å². The van der Waals surface area contributed by atoms with Crippen molar-refractivity contribution < 1.29 is 18.3 Å². The molecule has 1 amide bonds. The van der Waals surface area contributed by atoms with Crippen molar-refractivity contribution in [1.29, 1.82) is 0 Å². The van der Waals surface area contributed by atoms with Gasteiger partial charge >= 0.3 is 5.63 Å². The molecule has 1 fully saturated rings. The number of benzene rings is 1. The van der Waals surface area contributed by atoms with Crippen LogP contribution in [0.3, 0.4) is 0 Å². The highest BCUT2D eigenvalue weighted by Crippen LogP contribution is 2.20. The molecule has 2 heterocycles. The van der Waals surface area contributed by atoms with Crippen LogP contribution < -0.4 is 10.4 Å². The summed E-state index contributed by atoms with van der Waals surface area (Å²) in [5.41, 5.74) is 0.361. The Balaban J connectivity index is 1.46. The van der Waals surface area contributed by atoms with Crippen LogP contribution in [0.1, 0.15) is 17.7 Å². The summed E-state index contributed by atoms with van der Waals surface area (Å²) in [5.74, 6) is 0.466. The molecule has 0 N–H and O–H groups in total.